The molecule has 0 amide bonds. The van der Waals surface area contributed by atoms with Crippen LogP contribution in [0.3, 0.4) is 0 Å². The van der Waals surface area contributed by atoms with Crippen molar-refractivity contribution < 1.29 is 4.74 Å². The molecule has 0 saturated carbocycles. The second-order valence-electron chi connectivity index (χ2n) is 5.77. The van der Waals surface area contributed by atoms with Crippen molar-refractivity contribution in [3.05, 3.63) is 18.5 Å². The van der Waals surface area contributed by atoms with E-state index in [1.807, 2.05) is 18.5 Å². The molecule has 5 heteroatoms. The Labute approximate surface area is 121 Å². The molecule has 20 heavy (non-hydrogen) atoms. The van der Waals surface area contributed by atoms with Crippen molar-refractivity contribution in [2.75, 3.05) is 50.8 Å². The second-order valence-corrected chi connectivity index (χ2v) is 5.77. The van der Waals surface area contributed by atoms with Crippen LogP contribution in [0.1, 0.15) is 19.3 Å². The smallest absolute Gasteiger partial charge is 0.225 e. The molecule has 2 saturated heterocycles. The molecule has 3 rings (SSSR count). The lowest BCUT2D eigenvalue weighted by Crippen LogP contribution is -2.36. The van der Waals surface area contributed by atoms with Crippen molar-refractivity contribution in [2.45, 2.75) is 19.3 Å². The van der Waals surface area contributed by atoms with Crippen molar-refractivity contribution in [1.29, 1.82) is 0 Å². The highest BCUT2D eigenvalue weighted by atomic mass is 16.5. The highest BCUT2D eigenvalue weighted by molar-refractivity contribution is 5.28. The van der Waals surface area contributed by atoms with Crippen LogP contribution in [-0.2, 0) is 4.74 Å². The lowest BCUT2D eigenvalue weighted by atomic mass is 10.0. The average Bonchev–Trinajstić information content (AvgIpc) is 2.75. The SMILES string of the molecule is c1cnc(N2CCCN(C[C@@H]3CCCOC3)CC2)nc1. The van der Waals surface area contributed by atoms with E-state index < -0.39 is 0 Å². The van der Waals surface area contributed by atoms with Gasteiger partial charge in [-0.25, -0.2) is 9.97 Å². The zero-order valence-corrected chi connectivity index (χ0v) is 12.1. The van der Waals surface area contributed by atoms with Crippen molar-refractivity contribution >= 4 is 5.95 Å². The lowest BCUT2D eigenvalue weighted by molar-refractivity contribution is 0.0395. The topological polar surface area (TPSA) is 41.5 Å². The summed E-state index contributed by atoms with van der Waals surface area (Å²) >= 11 is 0. The van der Waals surface area contributed by atoms with Crippen LogP contribution < -0.4 is 4.90 Å². The highest BCUT2D eigenvalue weighted by Gasteiger charge is 2.21. The predicted octanol–water partition coefficient (Wildman–Crippen LogP) is 1.42. The van der Waals surface area contributed by atoms with E-state index in [1.54, 1.807) is 0 Å². The Morgan fingerprint density at radius 3 is 2.80 bits per heavy atom. The van der Waals surface area contributed by atoms with Gasteiger partial charge in [-0.05, 0) is 37.8 Å². The number of rotatable bonds is 3. The fourth-order valence-corrected chi connectivity index (χ4v) is 3.12. The zero-order valence-electron chi connectivity index (χ0n) is 12.1. The van der Waals surface area contributed by atoms with Crippen LogP contribution in [0.4, 0.5) is 5.95 Å². The molecule has 1 aromatic rings. The molecule has 2 aliphatic rings. The quantitative estimate of drug-likeness (QED) is 0.835. The summed E-state index contributed by atoms with van der Waals surface area (Å²) in [6, 6.07) is 1.87. The molecule has 3 heterocycles. The predicted molar refractivity (Wildman–Crippen MR) is 78.8 cm³/mol. The minimum absolute atomic E-state index is 0.725. The van der Waals surface area contributed by atoms with Gasteiger partial charge in [0.2, 0.25) is 5.95 Å². The third-order valence-corrected chi connectivity index (χ3v) is 4.19. The van der Waals surface area contributed by atoms with Gasteiger partial charge in [0, 0.05) is 45.2 Å². The van der Waals surface area contributed by atoms with Gasteiger partial charge in [-0.1, -0.05) is 0 Å². The molecule has 2 aliphatic heterocycles. The van der Waals surface area contributed by atoms with E-state index in [0.717, 1.165) is 44.7 Å². The van der Waals surface area contributed by atoms with Gasteiger partial charge in [-0.3, -0.25) is 0 Å². The molecule has 0 aliphatic carbocycles. The first kappa shape index (κ1) is 13.8. The van der Waals surface area contributed by atoms with Crippen molar-refractivity contribution in [2.24, 2.45) is 5.92 Å². The van der Waals surface area contributed by atoms with Gasteiger partial charge in [0.25, 0.3) is 0 Å². The highest BCUT2D eigenvalue weighted by Crippen LogP contribution is 2.17. The van der Waals surface area contributed by atoms with Gasteiger partial charge in [0.05, 0.1) is 6.61 Å². The zero-order chi connectivity index (χ0) is 13.6. The van der Waals surface area contributed by atoms with E-state index in [4.69, 9.17) is 4.74 Å². The Bertz CT molecular complexity index is 394. The number of aromatic nitrogens is 2. The molecular weight excluding hydrogens is 252 g/mol. The molecular formula is C15H24N4O. The molecule has 0 N–H and O–H groups in total. The Morgan fingerprint density at radius 2 is 2.00 bits per heavy atom. The Balaban J connectivity index is 1.51. The number of hydrogen-bond acceptors (Lipinski definition) is 5. The largest absolute Gasteiger partial charge is 0.381 e. The van der Waals surface area contributed by atoms with Crippen molar-refractivity contribution in [3.8, 4) is 0 Å². The van der Waals surface area contributed by atoms with E-state index in [2.05, 4.69) is 19.8 Å². The fraction of sp³-hybridized carbons (Fsp3) is 0.733. The van der Waals surface area contributed by atoms with Crippen molar-refractivity contribution in [1.82, 2.24) is 14.9 Å². The van der Waals surface area contributed by atoms with E-state index >= 15 is 0 Å². The number of ether oxygens (including phenoxy) is 1. The Kier molecular flexibility index (Phi) is 4.82. The molecule has 1 aromatic heterocycles. The van der Waals surface area contributed by atoms with Crippen molar-refractivity contribution in [3.63, 3.8) is 0 Å². The Morgan fingerprint density at radius 1 is 1.10 bits per heavy atom. The summed E-state index contributed by atoms with van der Waals surface area (Å²) in [5.41, 5.74) is 0. The molecule has 0 bridgehead atoms. The molecule has 0 unspecified atom stereocenters. The summed E-state index contributed by atoms with van der Waals surface area (Å²) < 4.78 is 5.59. The van der Waals surface area contributed by atoms with Crippen LogP contribution in [-0.4, -0.2) is 60.8 Å². The summed E-state index contributed by atoms with van der Waals surface area (Å²) in [4.78, 5) is 13.6. The summed E-state index contributed by atoms with van der Waals surface area (Å²) in [5.74, 6) is 1.60. The van der Waals surface area contributed by atoms with Gasteiger partial charge in [-0.15, -0.1) is 0 Å². The Hall–Kier alpha value is -1.20. The minimum Gasteiger partial charge on any atom is -0.381 e. The van der Waals surface area contributed by atoms with Gasteiger partial charge in [0.1, 0.15) is 0 Å². The third kappa shape index (κ3) is 3.67. The minimum atomic E-state index is 0.725. The van der Waals surface area contributed by atoms with Crippen LogP contribution in [0, 0.1) is 5.92 Å². The maximum Gasteiger partial charge on any atom is 0.225 e. The molecule has 0 spiro atoms. The van der Waals surface area contributed by atoms with Gasteiger partial charge in [-0.2, -0.15) is 0 Å². The van der Waals surface area contributed by atoms with Crippen LogP contribution in [0.25, 0.3) is 0 Å². The van der Waals surface area contributed by atoms with E-state index in [-0.39, 0.29) is 0 Å². The molecule has 2 fully saturated rings. The summed E-state index contributed by atoms with van der Waals surface area (Å²) in [7, 11) is 0. The van der Waals surface area contributed by atoms with E-state index in [1.165, 1.54) is 32.4 Å². The monoisotopic (exact) mass is 276 g/mol. The summed E-state index contributed by atoms with van der Waals surface area (Å²) in [6.45, 7) is 7.45. The average molecular weight is 276 g/mol. The number of anilines is 1. The normalized spacial score (nSPS) is 25.4. The number of hydrogen-bond donors (Lipinski definition) is 0. The standard InChI is InChI=1S/C15H24N4O/c1-4-14(13-20-11-1)12-18-7-3-8-19(10-9-18)15-16-5-2-6-17-15/h2,5-6,14H,1,3-4,7-13H2/t14-/m0/s1. The fourth-order valence-electron chi connectivity index (χ4n) is 3.12. The summed E-state index contributed by atoms with van der Waals surface area (Å²) in [5, 5.41) is 0. The maximum absolute atomic E-state index is 5.59. The molecule has 1 atom stereocenters. The molecule has 0 radical (unpaired) electrons. The summed E-state index contributed by atoms with van der Waals surface area (Å²) in [6.07, 6.45) is 7.38. The first-order chi connectivity index (χ1) is 9.92. The maximum atomic E-state index is 5.59. The van der Waals surface area contributed by atoms with Crippen LogP contribution in [0.5, 0.6) is 0 Å². The molecule has 110 valence electrons. The van der Waals surface area contributed by atoms with E-state index in [9.17, 15) is 0 Å². The molecule has 5 nitrogen and oxygen atoms in total. The second kappa shape index (κ2) is 6.99. The third-order valence-electron chi connectivity index (χ3n) is 4.19. The van der Waals surface area contributed by atoms with Crippen LogP contribution in [0.15, 0.2) is 18.5 Å². The first-order valence-corrected chi connectivity index (χ1v) is 7.74. The lowest BCUT2D eigenvalue weighted by Gasteiger charge is -2.28. The van der Waals surface area contributed by atoms with Gasteiger partial charge < -0.3 is 14.5 Å². The first-order valence-electron chi connectivity index (χ1n) is 7.74. The van der Waals surface area contributed by atoms with Gasteiger partial charge in [0.15, 0.2) is 0 Å². The van der Waals surface area contributed by atoms with Crippen LogP contribution in [0.2, 0.25) is 0 Å². The number of nitrogens with zero attached hydrogens (tertiary/aromatic N) is 4. The van der Waals surface area contributed by atoms with Gasteiger partial charge >= 0.3 is 0 Å². The van der Waals surface area contributed by atoms with E-state index in [0.29, 0.717) is 0 Å². The van der Waals surface area contributed by atoms with Crippen LogP contribution >= 0.6 is 0 Å². The molecule has 0 aromatic carbocycles.